The number of rotatable bonds is 18. The molecule has 1 fully saturated rings. The van der Waals surface area contributed by atoms with Crippen LogP contribution in [0.1, 0.15) is 51.2 Å². The summed E-state index contributed by atoms with van der Waals surface area (Å²) in [4.78, 5) is 92.2. The second-order valence-corrected chi connectivity index (χ2v) is 15.1. The quantitative estimate of drug-likeness (QED) is 0.161. The normalized spacial score (nSPS) is 19.3. The van der Waals surface area contributed by atoms with Crippen LogP contribution in [0.25, 0.3) is 0 Å². The number of aromatic hydroxyl groups is 1. The van der Waals surface area contributed by atoms with E-state index >= 15 is 0 Å². The third-order valence-corrected chi connectivity index (χ3v) is 10.5. The van der Waals surface area contributed by atoms with Crippen LogP contribution in [0.15, 0.2) is 78.0 Å². The summed E-state index contributed by atoms with van der Waals surface area (Å²) >= 11 is 7.46. The van der Waals surface area contributed by atoms with Crippen LogP contribution in [0.3, 0.4) is 0 Å². The van der Waals surface area contributed by atoms with Gasteiger partial charge in [-0.2, -0.15) is 0 Å². The van der Waals surface area contributed by atoms with Gasteiger partial charge in [-0.1, -0.05) is 80.1 Å². The number of ether oxygens (including phenoxy) is 1. The van der Waals surface area contributed by atoms with Gasteiger partial charge in [0.15, 0.2) is 5.78 Å². The number of amides is 5. The zero-order chi connectivity index (χ0) is 40.1. The molecule has 1 heterocycles. The van der Waals surface area contributed by atoms with Crippen LogP contribution in [0.4, 0.5) is 0 Å². The molecule has 4 rings (SSSR count). The van der Waals surface area contributed by atoms with Crippen molar-refractivity contribution in [1.29, 1.82) is 0 Å². The topological polar surface area (TPSA) is 201 Å². The summed E-state index contributed by atoms with van der Waals surface area (Å²) in [6.07, 6.45) is 6.61. The summed E-state index contributed by atoms with van der Waals surface area (Å²) in [5.74, 6) is -4.29. The SMILES string of the molecule is CC(=O)N[C@@H](Cc1ccc(O)cc1)C(=O)N[C@H](C(=O)N1C[C@H](OC2C=CC=CC2)C[C@H]1C(=O)N[C@@H](CC(=O)N=O)C(=O)CSCc1ccccc1Cl)C(C)C. The number of hydrogen-bond acceptors (Lipinski definition) is 10. The third-order valence-electron chi connectivity index (χ3n) is 9.10. The zero-order valence-electron chi connectivity index (χ0n) is 30.8. The van der Waals surface area contributed by atoms with E-state index in [0.717, 1.165) is 5.56 Å². The van der Waals surface area contributed by atoms with Gasteiger partial charge in [0, 0.05) is 42.3 Å². The minimum Gasteiger partial charge on any atom is -0.508 e. The molecule has 0 spiro atoms. The van der Waals surface area contributed by atoms with Gasteiger partial charge in [0.1, 0.15) is 23.9 Å². The van der Waals surface area contributed by atoms with E-state index in [4.69, 9.17) is 16.3 Å². The summed E-state index contributed by atoms with van der Waals surface area (Å²) in [5.41, 5.74) is 1.44. The van der Waals surface area contributed by atoms with Crippen LogP contribution in [-0.2, 0) is 45.7 Å². The Labute approximate surface area is 328 Å². The molecule has 2 aliphatic rings. The zero-order valence-corrected chi connectivity index (χ0v) is 32.4. The highest BCUT2D eigenvalue weighted by molar-refractivity contribution is 7.99. The predicted molar refractivity (Wildman–Crippen MR) is 208 cm³/mol. The molecule has 5 amide bonds. The van der Waals surface area contributed by atoms with Gasteiger partial charge in [-0.15, -0.1) is 16.7 Å². The number of benzene rings is 2. The van der Waals surface area contributed by atoms with E-state index in [9.17, 15) is 38.8 Å². The van der Waals surface area contributed by atoms with Crippen molar-refractivity contribution in [3.8, 4) is 5.75 Å². The third kappa shape index (κ3) is 12.9. The maximum absolute atomic E-state index is 14.4. The lowest BCUT2D eigenvalue weighted by atomic mass is 10.00. The monoisotopic (exact) mass is 795 g/mol. The molecule has 1 aliphatic heterocycles. The van der Waals surface area contributed by atoms with Crippen molar-refractivity contribution in [3.63, 3.8) is 0 Å². The molecule has 14 nitrogen and oxygen atoms in total. The fourth-order valence-electron chi connectivity index (χ4n) is 6.27. The second-order valence-electron chi connectivity index (χ2n) is 13.7. The first-order valence-electron chi connectivity index (χ1n) is 17.9. The molecule has 0 bridgehead atoms. The molecule has 1 aliphatic carbocycles. The van der Waals surface area contributed by atoms with E-state index in [2.05, 4.69) is 21.1 Å². The molecule has 6 atom stereocenters. The van der Waals surface area contributed by atoms with Gasteiger partial charge in [-0.05, 0) is 41.7 Å². The number of nitrogens with one attached hydrogen (secondary N) is 3. The average Bonchev–Trinajstić information content (AvgIpc) is 3.58. The van der Waals surface area contributed by atoms with Crippen molar-refractivity contribution in [2.45, 2.75) is 88.6 Å². The van der Waals surface area contributed by atoms with Crippen molar-refractivity contribution in [2.75, 3.05) is 12.3 Å². The summed E-state index contributed by atoms with van der Waals surface area (Å²) in [5, 5.41) is 20.6. The van der Waals surface area contributed by atoms with E-state index in [1.165, 1.54) is 35.7 Å². The Morgan fingerprint density at radius 3 is 2.36 bits per heavy atom. The van der Waals surface area contributed by atoms with E-state index in [0.29, 0.717) is 22.8 Å². The van der Waals surface area contributed by atoms with E-state index in [-0.39, 0.29) is 37.0 Å². The Kier molecular flexibility index (Phi) is 16.2. The van der Waals surface area contributed by atoms with E-state index in [1.807, 2.05) is 36.4 Å². The van der Waals surface area contributed by atoms with Crippen LogP contribution in [0, 0.1) is 10.8 Å². The van der Waals surface area contributed by atoms with Crippen molar-refractivity contribution in [1.82, 2.24) is 20.9 Å². The Bertz CT molecular complexity index is 1790. The summed E-state index contributed by atoms with van der Waals surface area (Å²) in [7, 11) is 0. The molecular formula is C39H46ClN5O9S. The fourth-order valence-corrected chi connectivity index (χ4v) is 7.52. The van der Waals surface area contributed by atoms with Gasteiger partial charge in [-0.3, -0.25) is 28.8 Å². The minimum absolute atomic E-state index is 0.0200. The highest BCUT2D eigenvalue weighted by atomic mass is 35.5. The first-order valence-corrected chi connectivity index (χ1v) is 19.4. The number of ketones is 1. The largest absolute Gasteiger partial charge is 0.508 e. The molecule has 55 heavy (non-hydrogen) atoms. The lowest BCUT2D eigenvalue weighted by Crippen LogP contribution is -2.59. The van der Waals surface area contributed by atoms with Crippen molar-refractivity contribution >= 4 is 58.7 Å². The molecule has 0 radical (unpaired) electrons. The summed E-state index contributed by atoms with van der Waals surface area (Å²) < 4.78 is 6.27. The molecule has 0 aromatic heterocycles. The predicted octanol–water partition coefficient (Wildman–Crippen LogP) is 3.77. The Morgan fingerprint density at radius 1 is 1.00 bits per heavy atom. The molecule has 1 unspecified atom stereocenters. The van der Waals surface area contributed by atoms with Crippen LogP contribution < -0.4 is 16.0 Å². The molecule has 294 valence electrons. The van der Waals surface area contributed by atoms with Crippen LogP contribution >= 0.6 is 23.4 Å². The number of hydrogen-bond donors (Lipinski definition) is 4. The number of Topliss-reactive ketones (excluding diaryl/α,β-unsaturated/α-hetero) is 1. The number of phenolic OH excluding ortho intramolecular Hbond substituents is 1. The fraction of sp³-hybridized carbons (Fsp3) is 0.436. The van der Waals surface area contributed by atoms with Crippen molar-refractivity contribution < 1.29 is 38.6 Å². The Morgan fingerprint density at radius 2 is 1.73 bits per heavy atom. The number of carbonyl (C=O) groups is 6. The maximum Gasteiger partial charge on any atom is 0.288 e. The lowest BCUT2D eigenvalue weighted by Gasteiger charge is -2.32. The number of halogens is 1. The average molecular weight is 796 g/mol. The van der Waals surface area contributed by atoms with Gasteiger partial charge >= 0.3 is 0 Å². The molecule has 2 aromatic carbocycles. The van der Waals surface area contributed by atoms with E-state index < -0.39 is 77.9 Å². The number of thioether (sulfide) groups is 1. The number of likely N-dealkylation sites (tertiary alicyclic amines) is 1. The molecule has 0 saturated carbocycles. The maximum atomic E-state index is 14.4. The summed E-state index contributed by atoms with van der Waals surface area (Å²) in [6, 6.07) is 8.47. The van der Waals surface area contributed by atoms with Gasteiger partial charge in [0.25, 0.3) is 5.91 Å². The number of phenols is 1. The lowest BCUT2D eigenvalue weighted by molar-refractivity contribution is -0.143. The van der Waals surface area contributed by atoms with Crippen LogP contribution in [0.2, 0.25) is 5.02 Å². The first kappa shape index (κ1) is 42.9. The minimum atomic E-state index is -1.40. The molecular weight excluding hydrogens is 750 g/mol. The Balaban J connectivity index is 1.54. The first-order chi connectivity index (χ1) is 26.2. The molecule has 4 N–H and O–H groups in total. The molecule has 16 heteroatoms. The number of allylic oxidation sites excluding steroid dienone is 2. The molecule has 1 saturated heterocycles. The van der Waals surface area contributed by atoms with E-state index in [1.54, 1.807) is 38.1 Å². The number of nitroso groups, excluding NO2 is 1. The smallest absolute Gasteiger partial charge is 0.288 e. The Hall–Kier alpha value is -4.86. The van der Waals surface area contributed by atoms with Crippen LogP contribution in [0.5, 0.6) is 5.75 Å². The van der Waals surface area contributed by atoms with Gasteiger partial charge in [0.2, 0.25) is 23.6 Å². The van der Waals surface area contributed by atoms with Crippen LogP contribution in [-0.4, -0.2) is 94.0 Å². The second kappa shape index (κ2) is 20.7. The molecule has 2 aromatic rings. The van der Waals surface area contributed by atoms with Gasteiger partial charge < -0.3 is 30.7 Å². The highest BCUT2D eigenvalue weighted by Gasteiger charge is 2.45. The number of nitrogens with zero attached hydrogens (tertiary/aromatic N) is 2. The van der Waals surface area contributed by atoms with Crippen molar-refractivity contribution in [3.05, 3.63) is 93.9 Å². The highest BCUT2D eigenvalue weighted by Crippen LogP contribution is 2.27. The van der Waals surface area contributed by atoms with Crippen molar-refractivity contribution in [2.24, 2.45) is 11.1 Å². The number of carbonyl (C=O) groups excluding carboxylic acids is 6. The van der Waals surface area contributed by atoms with Gasteiger partial charge in [0.05, 0.1) is 30.4 Å². The summed E-state index contributed by atoms with van der Waals surface area (Å²) in [6.45, 7) is 4.69. The standard InChI is InChI=1S/C39H46ClN5O9S/c1-23(2)36(43-37(50)32(41-24(3)46)17-25-13-15-27(47)16-14-25)39(52)45-20-29(54-28-10-5-4-6-11-28)18-33(45)38(51)42-31(19-35(49)44-53)34(48)22-55-21-26-9-7-8-12-30(26)40/h4-10,12-16,23,28-29,31-33,36,47H,11,17-22H2,1-3H3,(H,41,46)(H,42,51)(H,43,50)/t28?,29-,31+,32+,33+,36+/m1/s1. The van der Waals surface area contributed by atoms with Gasteiger partial charge in [-0.25, -0.2) is 0 Å².